The number of alkyl halides is 3. The van der Waals surface area contributed by atoms with Crippen LogP contribution in [0.1, 0.15) is 54.8 Å². The van der Waals surface area contributed by atoms with Gasteiger partial charge in [0.2, 0.25) is 0 Å². The maximum absolute atomic E-state index is 13.7. The van der Waals surface area contributed by atoms with Crippen LogP contribution in [0.2, 0.25) is 0 Å². The quantitative estimate of drug-likeness (QED) is 0.253. The fraction of sp³-hybridized carbons (Fsp3) is 0.296. The number of nitrogens with zero attached hydrogens (tertiary/aromatic N) is 6. The van der Waals surface area contributed by atoms with Gasteiger partial charge in [0.1, 0.15) is 18.2 Å². The van der Waals surface area contributed by atoms with Crippen LogP contribution < -0.4 is 4.74 Å². The van der Waals surface area contributed by atoms with Crippen molar-refractivity contribution >= 4 is 5.65 Å². The SMILES string of the molecule is Fc1cc(COc2ccc(-c3cnc4c(-c5nnn[nH]5)cnn4c3C3CCCCC3)cc2)cc(C(F)(F)F)c1. The summed E-state index contributed by atoms with van der Waals surface area (Å²) < 4.78 is 60.4. The monoisotopic (exact) mass is 537 g/mol. The lowest BCUT2D eigenvalue weighted by molar-refractivity contribution is -0.137. The van der Waals surface area contributed by atoms with E-state index in [1.165, 1.54) is 6.42 Å². The molecule has 0 spiro atoms. The van der Waals surface area contributed by atoms with Crippen molar-refractivity contribution in [2.75, 3.05) is 0 Å². The summed E-state index contributed by atoms with van der Waals surface area (Å²) in [7, 11) is 0. The molecule has 5 aromatic rings. The Bertz CT molecular complexity index is 1590. The number of benzene rings is 2. The molecule has 0 unspecified atom stereocenters. The van der Waals surface area contributed by atoms with Crippen molar-refractivity contribution in [1.29, 1.82) is 0 Å². The first-order chi connectivity index (χ1) is 18.9. The van der Waals surface area contributed by atoms with Gasteiger partial charge in [0, 0.05) is 17.7 Å². The molecule has 200 valence electrons. The number of halogens is 4. The van der Waals surface area contributed by atoms with Crippen LogP contribution in [0.4, 0.5) is 17.6 Å². The smallest absolute Gasteiger partial charge is 0.416 e. The molecule has 1 N–H and O–H groups in total. The van der Waals surface area contributed by atoms with Gasteiger partial charge in [-0.2, -0.15) is 18.3 Å². The Hall–Kier alpha value is -4.35. The molecular formula is C27H23F4N7O. The van der Waals surface area contributed by atoms with Crippen molar-refractivity contribution in [1.82, 2.24) is 35.2 Å². The number of ether oxygens (including phenoxy) is 1. The van der Waals surface area contributed by atoms with Gasteiger partial charge in [0.25, 0.3) is 0 Å². The molecule has 12 heteroatoms. The Morgan fingerprint density at radius 2 is 1.77 bits per heavy atom. The van der Waals surface area contributed by atoms with Crippen molar-refractivity contribution in [3.05, 3.63) is 77.5 Å². The maximum atomic E-state index is 13.7. The lowest BCUT2D eigenvalue weighted by Gasteiger charge is -2.25. The number of tetrazole rings is 1. The first kappa shape index (κ1) is 25.0. The highest BCUT2D eigenvalue weighted by atomic mass is 19.4. The summed E-state index contributed by atoms with van der Waals surface area (Å²) in [5.41, 5.74) is 3.32. The fourth-order valence-corrected chi connectivity index (χ4v) is 5.17. The Labute approximate surface area is 220 Å². The number of aromatic nitrogens is 7. The van der Waals surface area contributed by atoms with Gasteiger partial charge in [0.15, 0.2) is 11.5 Å². The maximum Gasteiger partial charge on any atom is 0.416 e. The van der Waals surface area contributed by atoms with Crippen molar-refractivity contribution in [3.8, 4) is 28.3 Å². The Balaban J connectivity index is 1.30. The number of aromatic amines is 1. The molecule has 1 aliphatic rings. The van der Waals surface area contributed by atoms with Gasteiger partial charge in [-0.05, 0) is 64.7 Å². The number of H-pyrrole nitrogens is 1. The molecule has 6 rings (SSSR count). The summed E-state index contributed by atoms with van der Waals surface area (Å²) in [4.78, 5) is 4.69. The summed E-state index contributed by atoms with van der Waals surface area (Å²) in [5.74, 6) is 0.274. The number of nitrogens with one attached hydrogen (secondary N) is 1. The number of rotatable bonds is 6. The summed E-state index contributed by atoms with van der Waals surface area (Å²) in [6.45, 7) is -0.201. The van der Waals surface area contributed by atoms with Crippen molar-refractivity contribution in [2.24, 2.45) is 0 Å². The summed E-state index contributed by atoms with van der Waals surface area (Å²) in [6, 6.07) is 9.63. The van der Waals surface area contributed by atoms with Crippen LogP contribution in [0.25, 0.3) is 28.2 Å². The molecule has 39 heavy (non-hydrogen) atoms. The van der Waals surface area contributed by atoms with Gasteiger partial charge in [-0.3, -0.25) is 0 Å². The Morgan fingerprint density at radius 1 is 0.974 bits per heavy atom. The van der Waals surface area contributed by atoms with Crippen LogP contribution in [-0.4, -0.2) is 35.2 Å². The lowest BCUT2D eigenvalue weighted by Crippen LogP contribution is -2.12. The highest BCUT2D eigenvalue weighted by Crippen LogP contribution is 2.39. The molecule has 0 radical (unpaired) electrons. The summed E-state index contributed by atoms with van der Waals surface area (Å²) in [5, 5.41) is 18.7. The van der Waals surface area contributed by atoms with Gasteiger partial charge >= 0.3 is 6.18 Å². The molecular weight excluding hydrogens is 514 g/mol. The summed E-state index contributed by atoms with van der Waals surface area (Å²) in [6.07, 6.45) is 4.46. The third-order valence-electron chi connectivity index (χ3n) is 7.01. The van der Waals surface area contributed by atoms with E-state index in [1.54, 1.807) is 18.3 Å². The third kappa shape index (κ3) is 5.06. The molecule has 0 amide bonds. The van der Waals surface area contributed by atoms with E-state index in [0.29, 0.717) is 34.8 Å². The second-order valence-electron chi connectivity index (χ2n) is 9.59. The Morgan fingerprint density at radius 3 is 2.49 bits per heavy atom. The molecule has 0 aliphatic heterocycles. The normalized spacial score (nSPS) is 14.7. The lowest BCUT2D eigenvalue weighted by atomic mass is 9.84. The Kier molecular flexibility index (Phi) is 6.45. The van der Waals surface area contributed by atoms with Crippen LogP contribution in [0.3, 0.4) is 0 Å². The van der Waals surface area contributed by atoms with Gasteiger partial charge < -0.3 is 4.74 Å². The average Bonchev–Trinajstić information content (AvgIpc) is 3.61. The predicted octanol–water partition coefficient (Wildman–Crippen LogP) is 6.36. The molecule has 0 saturated heterocycles. The highest BCUT2D eigenvalue weighted by molar-refractivity contribution is 5.75. The van der Waals surface area contributed by atoms with Crippen molar-refractivity contribution < 1.29 is 22.3 Å². The van der Waals surface area contributed by atoms with Gasteiger partial charge in [0.05, 0.1) is 23.0 Å². The number of hydrogen-bond acceptors (Lipinski definition) is 6. The highest BCUT2D eigenvalue weighted by Gasteiger charge is 2.31. The van der Waals surface area contributed by atoms with E-state index in [0.717, 1.165) is 54.6 Å². The van der Waals surface area contributed by atoms with E-state index in [1.807, 2.05) is 22.8 Å². The second-order valence-corrected chi connectivity index (χ2v) is 9.59. The second kappa shape index (κ2) is 10.1. The minimum Gasteiger partial charge on any atom is -0.489 e. The minimum absolute atomic E-state index is 0.0945. The molecule has 0 atom stereocenters. The minimum atomic E-state index is -4.63. The first-order valence-corrected chi connectivity index (χ1v) is 12.6. The zero-order valence-electron chi connectivity index (χ0n) is 20.6. The van der Waals surface area contributed by atoms with Crippen LogP contribution in [-0.2, 0) is 12.8 Å². The number of fused-ring (bicyclic) bond motifs is 1. The van der Waals surface area contributed by atoms with Crippen molar-refractivity contribution in [3.63, 3.8) is 0 Å². The largest absolute Gasteiger partial charge is 0.489 e. The van der Waals surface area contributed by atoms with Gasteiger partial charge in [-0.15, -0.1) is 5.10 Å². The molecule has 1 aliphatic carbocycles. The molecule has 1 saturated carbocycles. The van der Waals surface area contributed by atoms with E-state index in [-0.39, 0.29) is 12.2 Å². The number of hydrogen-bond donors (Lipinski definition) is 1. The standard InChI is InChI=1S/C27H23F4N7O/c28-20-11-16(10-19(12-20)27(29,30)31)15-39-21-8-6-17(7-9-21)22-13-32-26-23(25-34-36-37-35-25)14-33-38(26)24(22)18-4-2-1-3-5-18/h6-14,18H,1-5,15H2,(H,34,35,36,37). The van der Waals surface area contributed by atoms with Crippen molar-refractivity contribution in [2.45, 2.75) is 50.8 Å². The molecule has 3 heterocycles. The van der Waals surface area contributed by atoms with Crippen LogP contribution in [0.15, 0.2) is 54.9 Å². The molecule has 0 bridgehead atoms. The first-order valence-electron chi connectivity index (χ1n) is 12.6. The van der Waals surface area contributed by atoms with E-state index >= 15 is 0 Å². The molecule has 2 aromatic carbocycles. The van der Waals surface area contributed by atoms with Crippen LogP contribution in [0.5, 0.6) is 5.75 Å². The summed E-state index contributed by atoms with van der Waals surface area (Å²) >= 11 is 0. The van der Waals surface area contributed by atoms with Crippen LogP contribution >= 0.6 is 0 Å². The molecule has 3 aromatic heterocycles. The molecule has 1 fully saturated rings. The zero-order chi connectivity index (χ0) is 27.0. The molecule has 8 nitrogen and oxygen atoms in total. The van der Waals surface area contributed by atoms with E-state index in [9.17, 15) is 17.6 Å². The fourth-order valence-electron chi connectivity index (χ4n) is 5.17. The predicted molar refractivity (Wildman–Crippen MR) is 133 cm³/mol. The van der Waals surface area contributed by atoms with E-state index < -0.39 is 17.6 Å². The van der Waals surface area contributed by atoms with Gasteiger partial charge in [-0.25, -0.2) is 19.0 Å². The van der Waals surface area contributed by atoms with Gasteiger partial charge in [-0.1, -0.05) is 31.4 Å². The van der Waals surface area contributed by atoms with E-state index in [2.05, 4.69) is 30.7 Å². The van der Waals surface area contributed by atoms with E-state index in [4.69, 9.17) is 4.74 Å². The zero-order valence-corrected chi connectivity index (χ0v) is 20.6. The average molecular weight is 538 g/mol. The third-order valence-corrected chi connectivity index (χ3v) is 7.01. The topological polar surface area (TPSA) is 93.9 Å². The van der Waals surface area contributed by atoms with Crippen LogP contribution in [0, 0.1) is 5.82 Å².